The van der Waals surface area contributed by atoms with Crippen molar-refractivity contribution in [2.24, 2.45) is 0 Å². The van der Waals surface area contributed by atoms with Gasteiger partial charge in [0.15, 0.2) is 0 Å². The van der Waals surface area contributed by atoms with Crippen LogP contribution >= 0.6 is 15.9 Å². The number of benzene rings is 1. The Hall–Kier alpha value is -2.09. The first kappa shape index (κ1) is 15.0. The third-order valence-electron chi connectivity index (χ3n) is 2.08. The number of aromatic carboxylic acids is 1. The Labute approximate surface area is 117 Å². The Morgan fingerprint density at radius 2 is 2.05 bits per heavy atom. The molecule has 0 bridgehead atoms. The zero-order chi connectivity index (χ0) is 14.4. The van der Waals surface area contributed by atoms with E-state index >= 15 is 0 Å². The predicted molar refractivity (Wildman–Crippen MR) is 70.1 cm³/mol. The van der Waals surface area contributed by atoms with Gasteiger partial charge in [-0.1, -0.05) is 0 Å². The minimum atomic E-state index is -1.11. The number of rotatable bonds is 4. The van der Waals surface area contributed by atoms with E-state index in [1.165, 1.54) is 25.3 Å². The first-order chi connectivity index (χ1) is 8.93. The van der Waals surface area contributed by atoms with Gasteiger partial charge in [0.1, 0.15) is 6.54 Å². The van der Waals surface area contributed by atoms with E-state index in [1.807, 2.05) is 0 Å². The number of anilines is 1. The summed E-state index contributed by atoms with van der Waals surface area (Å²) in [6.07, 6.45) is 0. The lowest BCUT2D eigenvalue weighted by atomic mass is 10.2. The summed E-state index contributed by atoms with van der Waals surface area (Å²) in [4.78, 5) is 33.1. The number of carboxylic acids is 1. The normalized spacial score (nSPS) is 9.58. The highest BCUT2D eigenvalue weighted by Gasteiger charge is 2.10. The Balaban J connectivity index is 2.70. The van der Waals surface area contributed by atoms with Crippen molar-refractivity contribution >= 4 is 39.6 Å². The molecule has 0 aliphatic rings. The van der Waals surface area contributed by atoms with Gasteiger partial charge in [-0.2, -0.15) is 0 Å². The highest BCUT2D eigenvalue weighted by Crippen LogP contribution is 2.23. The van der Waals surface area contributed by atoms with Gasteiger partial charge in [-0.3, -0.25) is 4.79 Å². The average molecular weight is 331 g/mol. The van der Waals surface area contributed by atoms with Crippen molar-refractivity contribution in [3.8, 4) is 0 Å². The van der Waals surface area contributed by atoms with E-state index in [0.717, 1.165) is 0 Å². The molecule has 1 aromatic carbocycles. The minimum Gasteiger partial charge on any atom is -0.478 e. The van der Waals surface area contributed by atoms with Crippen LogP contribution in [0.2, 0.25) is 0 Å². The molecule has 0 spiro atoms. The first-order valence-electron chi connectivity index (χ1n) is 5.08. The number of amides is 2. The van der Waals surface area contributed by atoms with Crippen LogP contribution in [0.5, 0.6) is 0 Å². The Bertz CT molecular complexity index is 518. The molecule has 1 rings (SSSR count). The zero-order valence-corrected chi connectivity index (χ0v) is 11.5. The fourth-order valence-electron chi connectivity index (χ4n) is 1.15. The van der Waals surface area contributed by atoms with Gasteiger partial charge < -0.3 is 20.5 Å². The van der Waals surface area contributed by atoms with Gasteiger partial charge >= 0.3 is 18.0 Å². The van der Waals surface area contributed by atoms with Crippen LogP contribution in [0.15, 0.2) is 22.7 Å². The van der Waals surface area contributed by atoms with Gasteiger partial charge in [0, 0.05) is 4.47 Å². The molecule has 0 atom stereocenters. The number of halogens is 1. The van der Waals surface area contributed by atoms with E-state index in [4.69, 9.17) is 5.11 Å². The van der Waals surface area contributed by atoms with Gasteiger partial charge in [-0.25, -0.2) is 9.59 Å². The minimum absolute atomic E-state index is 0.0338. The van der Waals surface area contributed by atoms with E-state index in [9.17, 15) is 14.4 Å². The fourth-order valence-corrected chi connectivity index (χ4v) is 1.49. The molecule has 0 heterocycles. The first-order valence-corrected chi connectivity index (χ1v) is 5.88. The number of hydrogen-bond acceptors (Lipinski definition) is 4. The highest BCUT2D eigenvalue weighted by atomic mass is 79.9. The SMILES string of the molecule is COC(=O)CNC(=O)Nc1cc(C(=O)O)ccc1Br. The maximum absolute atomic E-state index is 11.5. The summed E-state index contributed by atoms with van der Waals surface area (Å²) in [7, 11) is 1.20. The maximum atomic E-state index is 11.5. The number of hydrogen-bond donors (Lipinski definition) is 3. The summed E-state index contributed by atoms with van der Waals surface area (Å²) in [5.74, 6) is -1.70. The van der Waals surface area contributed by atoms with E-state index in [1.54, 1.807) is 0 Å². The Morgan fingerprint density at radius 1 is 1.37 bits per heavy atom. The second-order valence-electron chi connectivity index (χ2n) is 3.38. The number of carbonyl (C=O) groups is 3. The highest BCUT2D eigenvalue weighted by molar-refractivity contribution is 9.10. The monoisotopic (exact) mass is 330 g/mol. The van der Waals surface area contributed by atoms with Crippen molar-refractivity contribution in [2.45, 2.75) is 0 Å². The molecular weight excluding hydrogens is 320 g/mol. The molecule has 7 nitrogen and oxygen atoms in total. The molecule has 1 aromatic rings. The lowest BCUT2D eigenvalue weighted by molar-refractivity contribution is -0.139. The Morgan fingerprint density at radius 3 is 2.63 bits per heavy atom. The molecule has 102 valence electrons. The Kier molecular flexibility index (Phi) is 5.31. The maximum Gasteiger partial charge on any atom is 0.335 e. The molecule has 2 amide bonds. The van der Waals surface area contributed by atoms with Gasteiger partial charge in [-0.05, 0) is 34.1 Å². The third kappa shape index (κ3) is 4.59. The summed E-state index contributed by atoms with van der Waals surface area (Å²) >= 11 is 3.17. The van der Waals surface area contributed by atoms with Crippen molar-refractivity contribution in [3.63, 3.8) is 0 Å². The van der Waals surface area contributed by atoms with Crippen LogP contribution in [0.4, 0.5) is 10.5 Å². The molecule has 3 N–H and O–H groups in total. The molecule has 0 saturated carbocycles. The van der Waals surface area contributed by atoms with Crippen LogP contribution in [0, 0.1) is 0 Å². The second kappa shape index (κ2) is 6.74. The van der Waals surface area contributed by atoms with Crippen molar-refractivity contribution < 1.29 is 24.2 Å². The van der Waals surface area contributed by atoms with E-state index in [0.29, 0.717) is 4.47 Å². The molecular formula is C11H11BrN2O5. The van der Waals surface area contributed by atoms with Crippen LogP contribution in [-0.4, -0.2) is 36.7 Å². The van der Waals surface area contributed by atoms with Crippen LogP contribution < -0.4 is 10.6 Å². The van der Waals surface area contributed by atoms with Crippen molar-refractivity contribution in [3.05, 3.63) is 28.2 Å². The molecule has 8 heteroatoms. The predicted octanol–water partition coefficient (Wildman–Crippen LogP) is 1.44. The van der Waals surface area contributed by atoms with E-state index in [-0.39, 0.29) is 17.8 Å². The van der Waals surface area contributed by atoms with Crippen LogP contribution in [0.25, 0.3) is 0 Å². The van der Waals surface area contributed by atoms with Crippen molar-refractivity contribution in [1.82, 2.24) is 5.32 Å². The number of carboxylic acid groups (broad SMARTS) is 1. The molecule has 0 aliphatic heterocycles. The molecule has 19 heavy (non-hydrogen) atoms. The number of ether oxygens (including phenoxy) is 1. The number of nitrogens with one attached hydrogen (secondary N) is 2. The average Bonchev–Trinajstić information content (AvgIpc) is 2.38. The number of esters is 1. The van der Waals surface area contributed by atoms with Gasteiger partial charge in [0.2, 0.25) is 0 Å². The van der Waals surface area contributed by atoms with Crippen LogP contribution in [0.3, 0.4) is 0 Å². The van der Waals surface area contributed by atoms with Gasteiger partial charge in [-0.15, -0.1) is 0 Å². The smallest absolute Gasteiger partial charge is 0.335 e. The van der Waals surface area contributed by atoms with E-state index in [2.05, 4.69) is 31.3 Å². The molecule has 0 fully saturated rings. The quantitative estimate of drug-likeness (QED) is 0.724. The summed E-state index contributed by atoms with van der Waals surface area (Å²) in [5.41, 5.74) is 0.314. The van der Waals surface area contributed by atoms with Crippen molar-refractivity contribution in [2.75, 3.05) is 19.0 Å². The van der Waals surface area contributed by atoms with Crippen LogP contribution in [0.1, 0.15) is 10.4 Å². The number of urea groups is 1. The van der Waals surface area contributed by atoms with E-state index < -0.39 is 18.0 Å². The lowest BCUT2D eigenvalue weighted by Gasteiger charge is -2.09. The van der Waals surface area contributed by atoms with Crippen LogP contribution in [-0.2, 0) is 9.53 Å². The largest absolute Gasteiger partial charge is 0.478 e. The zero-order valence-electron chi connectivity index (χ0n) is 9.90. The van der Waals surface area contributed by atoms with Gasteiger partial charge in [0.25, 0.3) is 0 Å². The molecule has 0 aliphatic carbocycles. The summed E-state index contributed by atoms with van der Waals surface area (Å²) in [5, 5.41) is 13.5. The summed E-state index contributed by atoms with van der Waals surface area (Å²) < 4.78 is 4.88. The topological polar surface area (TPSA) is 105 Å². The fraction of sp³-hybridized carbons (Fsp3) is 0.182. The standard InChI is InChI=1S/C11H11BrN2O5/c1-19-9(15)5-13-11(18)14-8-4-6(10(16)17)2-3-7(8)12/h2-4H,5H2,1H3,(H,16,17)(H2,13,14,18). The van der Waals surface area contributed by atoms with Gasteiger partial charge in [0.05, 0.1) is 18.4 Å². The molecule has 0 saturated heterocycles. The molecule has 0 radical (unpaired) electrons. The molecule has 0 unspecified atom stereocenters. The third-order valence-corrected chi connectivity index (χ3v) is 2.77. The molecule has 0 aromatic heterocycles. The second-order valence-corrected chi connectivity index (χ2v) is 4.24. The summed E-state index contributed by atoms with van der Waals surface area (Å²) in [6, 6.07) is 3.54. The number of methoxy groups -OCH3 is 1. The van der Waals surface area contributed by atoms with Crippen molar-refractivity contribution in [1.29, 1.82) is 0 Å². The number of carbonyl (C=O) groups excluding carboxylic acids is 2. The summed E-state index contributed by atoms with van der Waals surface area (Å²) in [6.45, 7) is -0.279. The lowest BCUT2D eigenvalue weighted by Crippen LogP contribution is -2.33.